The molecule has 0 aromatic carbocycles. The third-order valence-corrected chi connectivity index (χ3v) is 5.43. The zero-order chi connectivity index (χ0) is 15.2. The lowest BCUT2D eigenvalue weighted by molar-refractivity contribution is 0.193. The average molecular weight is 336 g/mol. The molecule has 0 atom stereocenters. The van der Waals surface area contributed by atoms with Gasteiger partial charge in [-0.05, 0) is 64.2 Å². The predicted octanol–water partition coefficient (Wildman–Crippen LogP) is 2.34. The van der Waals surface area contributed by atoms with Gasteiger partial charge in [-0.2, -0.15) is 0 Å². The van der Waals surface area contributed by atoms with E-state index < -0.39 is 0 Å². The van der Waals surface area contributed by atoms with Crippen LogP contribution in [0.15, 0.2) is 12.3 Å². The highest BCUT2D eigenvalue weighted by Crippen LogP contribution is 2.39. The number of rotatable bonds is 2. The van der Waals surface area contributed by atoms with Crippen LogP contribution in [0.25, 0.3) is 5.78 Å². The summed E-state index contributed by atoms with van der Waals surface area (Å²) in [5.41, 5.74) is 4.10. The van der Waals surface area contributed by atoms with Crippen LogP contribution in [-0.2, 0) is 6.54 Å². The summed E-state index contributed by atoms with van der Waals surface area (Å²) >= 11 is 0. The van der Waals surface area contributed by atoms with Gasteiger partial charge in [0.2, 0.25) is 5.78 Å². The maximum Gasteiger partial charge on any atom is 0.234 e. The van der Waals surface area contributed by atoms with Crippen LogP contribution in [0.3, 0.4) is 0 Å². The maximum atomic E-state index is 4.54. The van der Waals surface area contributed by atoms with Crippen molar-refractivity contribution in [2.75, 3.05) is 26.2 Å². The fraction of sp³-hybridized carbons (Fsp3) is 0.647. The van der Waals surface area contributed by atoms with Crippen LogP contribution < -0.4 is 5.32 Å². The number of imidazole rings is 1. The van der Waals surface area contributed by atoms with Gasteiger partial charge in [-0.25, -0.2) is 9.97 Å². The quantitative estimate of drug-likeness (QED) is 0.915. The lowest BCUT2D eigenvalue weighted by Crippen LogP contribution is -2.38. The van der Waals surface area contributed by atoms with E-state index in [1.54, 1.807) is 0 Å². The van der Waals surface area contributed by atoms with Crippen molar-refractivity contribution in [2.24, 2.45) is 5.41 Å². The van der Waals surface area contributed by atoms with E-state index in [-0.39, 0.29) is 12.4 Å². The number of hydrogen-bond acceptors (Lipinski definition) is 4. The number of nitrogens with one attached hydrogen (secondary N) is 1. The van der Waals surface area contributed by atoms with Crippen molar-refractivity contribution in [3.8, 4) is 0 Å². The molecule has 0 amide bonds. The molecular weight excluding hydrogens is 310 g/mol. The first-order chi connectivity index (χ1) is 10.7. The summed E-state index contributed by atoms with van der Waals surface area (Å²) in [5, 5.41) is 3.49. The first-order valence-electron chi connectivity index (χ1n) is 8.39. The molecule has 0 bridgehead atoms. The van der Waals surface area contributed by atoms with Gasteiger partial charge in [0.25, 0.3) is 0 Å². The van der Waals surface area contributed by atoms with E-state index >= 15 is 0 Å². The molecule has 0 radical (unpaired) electrons. The molecule has 0 unspecified atom stereocenters. The summed E-state index contributed by atoms with van der Waals surface area (Å²) in [6.45, 7) is 9.99. The number of likely N-dealkylation sites (tertiary alicyclic amines) is 1. The van der Waals surface area contributed by atoms with E-state index in [9.17, 15) is 0 Å². The van der Waals surface area contributed by atoms with Crippen molar-refractivity contribution in [1.82, 2.24) is 24.6 Å². The molecule has 5 nitrogen and oxygen atoms in total. The molecule has 2 aromatic rings. The smallest absolute Gasteiger partial charge is 0.234 e. The number of piperidine rings is 1. The Labute approximate surface area is 143 Å². The summed E-state index contributed by atoms with van der Waals surface area (Å²) in [7, 11) is 0. The fourth-order valence-electron chi connectivity index (χ4n) is 4.26. The van der Waals surface area contributed by atoms with Gasteiger partial charge in [0.15, 0.2) is 0 Å². The van der Waals surface area contributed by atoms with Gasteiger partial charge >= 0.3 is 0 Å². The second-order valence-electron chi connectivity index (χ2n) is 7.13. The first-order valence-corrected chi connectivity index (χ1v) is 8.39. The first kappa shape index (κ1) is 16.7. The van der Waals surface area contributed by atoms with Gasteiger partial charge in [-0.1, -0.05) is 0 Å². The Balaban J connectivity index is 0.00000156. The molecule has 4 heterocycles. The molecule has 2 aromatic heterocycles. The number of halogens is 1. The van der Waals surface area contributed by atoms with E-state index in [1.807, 2.05) is 13.1 Å². The predicted molar refractivity (Wildman–Crippen MR) is 94.1 cm³/mol. The van der Waals surface area contributed by atoms with Crippen molar-refractivity contribution in [3.05, 3.63) is 29.3 Å². The zero-order valence-corrected chi connectivity index (χ0v) is 14.8. The molecule has 2 saturated heterocycles. The van der Waals surface area contributed by atoms with Gasteiger partial charge in [0, 0.05) is 24.5 Å². The number of aromatic nitrogens is 3. The van der Waals surface area contributed by atoms with Gasteiger partial charge in [0.1, 0.15) is 0 Å². The third-order valence-electron chi connectivity index (χ3n) is 5.43. The second kappa shape index (κ2) is 6.38. The third kappa shape index (κ3) is 3.10. The summed E-state index contributed by atoms with van der Waals surface area (Å²) in [6.07, 6.45) is 6.01. The highest BCUT2D eigenvalue weighted by molar-refractivity contribution is 5.85. The molecule has 0 aliphatic carbocycles. The molecule has 1 N–H and O–H groups in total. The monoisotopic (exact) mass is 335 g/mol. The topological polar surface area (TPSA) is 45.5 Å². The minimum atomic E-state index is 0. The number of hydrogen-bond donors (Lipinski definition) is 1. The van der Waals surface area contributed by atoms with Crippen LogP contribution in [0.5, 0.6) is 0 Å². The van der Waals surface area contributed by atoms with Gasteiger partial charge in [-0.15, -0.1) is 12.4 Å². The number of fused-ring (bicyclic) bond motifs is 1. The maximum absolute atomic E-state index is 4.54. The Morgan fingerprint density at radius 2 is 2.00 bits per heavy atom. The Kier molecular flexibility index (Phi) is 4.63. The largest absolute Gasteiger partial charge is 0.317 e. The number of aryl methyl sites for hydroxylation is 2. The van der Waals surface area contributed by atoms with Crippen molar-refractivity contribution in [3.63, 3.8) is 0 Å². The second-order valence-corrected chi connectivity index (χ2v) is 7.13. The van der Waals surface area contributed by atoms with Crippen LogP contribution in [0.1, 0.15) is 36.3 Å². The molecule has 126 valence electrons. The van der Waals surface area contributed by atoms with E-state index in [4.69, 9.17) is 0 Å². The van der Waals surface area contributed by atoms with Crippen LogP contribution >= 0.6 is 12.4 Å². The van der Waals surface area contributed by atoms with Crippen LogP contribution in [0.2, 0.25) is 0 Å². The Bertz CT molecular complexity index is 690. The minimum absolute atomic E-state index is 0. The highest BCUT2D eigenvalue weighted by Gasteiger charge is 2.38. The summed E-state index contributed by atoms with van der Waals surface area (Å²) in [6, 6.07) is 2.14. The lowest BCUT2D eigenvalue weighted by Gasteiger charge is -2.33. The lowest BCUT2D eigenvalue weighted by atomic mass is 9.78. The Morgan fingerprint density at radius 1 is 1.22 bits per heavy atom. The molecule has 2 aliphatic rings. The molecule has 6 heteroatoms. The van der Waals surface area contributed by atoms with E-state index in [0.717, 1.165) is 18.0 Å². The minimum Gasteiger partial charge on any atom is -0.317 e. The standard InChI is InChI=1S/C17H25N5.ClH/c1-13-9-14(2)22-15(10-19-16(22)20-13)11-21-8-5-17(12-21)3-6-18-7-4-17;/h9-10,18H,3-8,11-12H2,1-2H3;1H. The van der Waals surface area contributed by atoms with Gasteiger partial charge in [-0.3, -0.25) is 9.30 Å². The van der Waals surface area contributed by atoms with Crippen LogP contribution in [0.4, 0.5) is 0 Å². The highest BCUT2D eigenvalue weighted by atomic mass is 35.5. The van der Waals surface area contributed by atoms with Crippen molar-refractivity contribution in [1.29, 1.82) is 0 Å². The fourth-order valence-corrected chi connectivity index (χ4v) is 4.26. The number of nitrogens with zero attached hydrogens (tertiary/aromatic N) is 4. The Hall–Kier alpha value is -1.17. The molecule has 2 fully saturated rings. The summed E-state index contributed by atoms with van der Waals surface area (Å²) < 4.78 is 2.21. The van der Waals surface area contributed by atoms with Crippen molar-refractivity contribution in [2.45, 2.75) is 39.7 Å². The van der Waals surface area contributed by atoms with E-state index in [1.165, 1.54) is 56.8 Å². The molecule has 0 saturated carbocycles. The van der Waals surface area contributed by atoms with E-state index in [0.29, 0.717) is 5.41 Å². The molecule has 2 aliphatic heterocycles. The summed E-state index contributed by atoms with van der Waals surface area (Å²) in [5.74, 6) is 0.836. The molecule has 23 heavy (non-hydrogen) atoms. The van der Waals surface area contributed by atoms with E-state index in [2.05, 4.69) is 37.6 Å². The molecular formula is C17H26ClN5. The summed E-state index contributed by atoms with van der Waals surface area (Å²) in [4.78, 5) is 11.6. The van der Waals surface area contributed by atoms with Crippen molar-refractivity contribution < 1.29 is 0 Å². The van der Waals surface area contributed by atoms with Gasteiger partial charge in [0.05, 0.1) is 11.9 Å². The van der Waals surface area contributed by atoms with Crippen molar-refractivity contribution >= 4 is 18.2 Å². The normalized spacial score (nSPS) is 21.0. The molecule has 4 rings (SSSR count). The molecule has 1 spiro atoms. The zero-order valence-electron chi connectivity index (χ0n) is 14.0. The Morgan fingerprint density at radius 3 is 2.78 bits per heavy atom. The van der Waals surface area contributed by atoms with Gasteiger partial charge < -0.3 is 5.32 Å². The SMILES string of the molecule is Cc1cc(C)n2c(CN3CCC4(CCNCC4)C3)cnc2n1.Cl. The average Bonchev–Trinajstić information content (AvgIpc) is 3.05. The van der Waals surface area contributed by atoms with Crippen LogP contribution in [0, 0.1) is 19.3 Å². The van der Waals surface area contributed by atoms with Crippen LogP contribution in [-0.4, -0.2) is 45.4 Å².